The second-order valence-electron chi connectivity index (χ2n) is 10.9. The number of halogens is 3. The van der Waals surface area contributed by atoms with Crippen molar-refractivity contribution in [1.29, 1.82) is 0 Å². The summed E-state index contributed by atoms with van der Waals surface area (Å²) in [6.45, 7) is 5.55. The topological polar surface area (TPSA) is 55.9 Å². The number of unbranched alkanes of at least 4 members (excludes halogenated alkanes) is 7. The Kier molecular flexibility index (Phi) is 13.2. The monoisotopic (exact) mass is 576 g/mol. The lowest BCUT2D eigenvalue weighted by atomic mass is 9.99. The average molecular weight is 577 g/mol. The fourth-order valence-electron chi connectivity index (χ4n) is 5.45. The number of aromatic nitrogens is 2. The van der Waals surface area contributed by atoms with E-state index in [1.54, 1.807) is 12.1 Å². The van der Waals surface area contributed by atoms with Crippen molar-refractivity contribution in [3.8, 4) is 11.3 Å². The zero-order valence-electron chi connectivity index (χ0n) is 24.5. The van der Waals surface area contributed by atoms with E-state index >= 15 is 0 Å². The van der Waals surface area contributed by atoms with Crippen molar-refractivity contribution >= 4 is 11.3 Å². The summed E-state index contributed by atoms with van der Waals surface area (Å²) >= 11 is 1.93. The Hall–Kier alpha value is -2.16. The highest BCUT2D eigenvalue weighted by molar-refractivity contribution is 7.12. The van der Waals surface area contributed by atoms with Gasteiger partial charge in [-0.15, -0.1) is 11.3 Å². The number of alkyl halides is 3. The number of hydrogen-bond acceptors (Lipinski definition) is 4. The first kappa shape index (κ1) is 32.4. The molecule has 0 saturated heterocycles. The molecule has 0 radical (unpaired) electrons. The lowest BCUT2D eigenvalue weighted by Crippen LogP contribution is -2.38. The number of nitrogens with zero attached hydrogens (tertiary/aromatic N) is 2. The maximum atomic E-state index is 13.3. The van der Waals surface area contributed by atoms with Gasteiger partial charge in [-0.25, -0.2) is 0 Å². The average Bonchev–Trinajstić information content (AvgIpc) is 3.46. The van der Waals surface area contributed by atoms with Gasteiger partial charge in [0.25, 0.3) is 0 Å². The van der Waals surface area contributed by atoms with Crippen LogP contribution in [-0.2, 0) is 32.5 Å². The van der Waals surface area contributed by atoms with Crippen molar-refractivity contribution in [2.75, 3.05) is 13.1 Å². The van der Waals surface area contributed by atoms with E-state index < -0.39 is 11.7 Å². The highest BCUT2D eigenvalue weighted by Crippen LogP contribution is 2.34. The molecule has 8 heteroatoms. The van der Waals surface area contributed by atoms with E-state index in [-0.39, 0.29) is 6.04 Å². The Balaban J connectivity index is 1.26. The SMILES string of the molecule is CCCc1cnn(C)c1-c1cc(CCCCCCCCCCN[C@H](CN)Cc2ccccc2C(F)(F)F)sc1C. The number of nitrogens with one attached hydrogen (secondary N) is 1. The Morgan fingerprint density at radius 1 is 0.975 bits per heavy atom. The minimum Gasteiger partial charge on any atom is -0.329 e. The molecule has 4 nitrogen and oxygen atoms in total. The van der Waals surface area contributed by atoms with E-state index in [1.165, 1.54) is 71.2 Å². The van der Waals surface area contributed by atoms with Crippen LogP contribution in [0, 0.1) is 6.92 Å². The van der Waals surface area contributed by atoms with Gasteiger partial charge in [0.2, 0.25) is 0 Å². The number of thiophene rings is 1. The largest absolute Gasteiger partial charge is 0.416 e. The highest BCUT2D eigenvalue weighted by Gasteiger charge is 2.33. The van der Waals surface area contributed by atoms with Crippen molar-refractivity contribution in [3.63, 3.8) is 0 Å². The van der Waals surface area contributed by atoms with Crippen LogP contribution in [0.2, 0.25) is 0 Å². The third kappa shape index (κ3) is 9.74. The molecule has 1 atom stereocenters. The van der Waals surface area contributed by atoms with Crippen LogP contribution in [-0.4, -0.2) is 28.9 Å². The number of nitrogens with two attached hydrogens (primary N) is 1. The van der Waals surface area contributed by atoms with Gasteiger partial charge in [-0.3, -0.25) is 4.68 Å². The van der Waals surface area contributed by atoms with Crippen LogP contribution in [0.5, 0.6) is 0 Å². The van der Waals surface area contributed by atoms with Gasteiger partial charge in [0.05, 0.1) is 17.5 Å². The van der Waals surface area contributed by atoms with E-state index in [4.69, 9.17) is 5.73 Å². The van der Waals surface area contributed by atoms with Gasteiger partial charge in [0.15, 0.2) is 0 Å². The molecule has 3 rings (SSSR count). The smallest absolute Gasteiger partial charge is 0.329 e. The summed E-state index contributed by atoms with van der Waals surface area (Å²) in [4.78, 5) is 2.86. The van der Waals surface area contributed by atoms with Crippen LogP contribution in [0.4, 0.5) is 13.2 Å². The number of aryl methyl sites for hydroxylation is 4. The van der Waals surface area contributed by atoms with Crippen LogP contribution < -0.4 is 11.1 Å². The summed E-state index contributed by atoms with van der Waals surface area (Å²) in [6.07, 6.45) is 10.9. The lowest BCUT2D eigenvalue weighted by molar-refractivity contribution is -0.138. The highest BCUT2D eigenvalue weighted by atomic mass is 32.1. The van der Waals surface area contributed by atoms with E-state index in [9.17, 15) is 13.2 Å². The minimum atomic E-state index is -4.33. The molecule has 0 aliphatic rings. The van der Waals surface area contributed by atoms with E-state index in [0.29, 0.717) is 18.5 Å². The molecule has 3 N–H and O–H groups in total. The number of benzene rings is 1. The maximum absolute atomic E-state index is 13.3. The second-order valence-corrected chi connectivity index (χ2v) is 12.2. The van der Waals surface area contributed by atoms with Crippen molar-refractivity contribution in [2.45, 2.75) is 103 Å². The standard InChI is InChI=1S/C32H47F3N4S/c1-4-15-26-23-38-39(3)31(26)29-21-28(40-24(29)2)17-11-9-7-5-6-8-10-14-19-37-27(22-36)20-25-16-12-13-18-30(25)32(33,34)35/h12-13,16,18,21,23,27,37H,4-11,14-15,17,19-20,22,36H2,1-3H3/t27-/m0/s1. The summed E-state index contributed by atoms with van der Waals surface area (Å²) < 4.78 is 41.8. The zero-order valence-corrected chi connectivity index (χ0v) is 25.3. The fraction of sp³-hybridized carbons (Fsp3) is 0.594. The molecule has 0 unspecified atom stereocenters. The Morgan fingerprint density at radius 3 is 2.33 bits per heavy atom. The van der Waals surface area contributed by atoms with Gasteiger partial charge in [-0.05, 0) is 68.8 Å². The second kappa shape index (κ2) is 16.3. The van der Waals surface area contributed by atoms with Gasteiger partial charge in [0, 0.05) is 35.0 Å². The molecule has 40 heavy (non-hydrogen) atoms. The third-order valence-corrected chi connectivity index (χ3v) is 8.72. The van der Waals surface area contributed by atoms with Crippen LogP contribution in [0.15, 0.2) is 36.5 Å². The maximum Gasteiger partial charge on any atom is 0.416 e. The molecule has 0 aliphatic heterocycles. The summed E-state index contributed by atoms with van der Waals surface area (Å²) in [7, 11) is 2.04. The van der Waals surface area contributed by atoms with E-state index in [1.807, 2.05) is 29.3 Å². The molecule has 0 fully saturated rings. The number of hydrogen-bond donors (Lipinski definition) is 2. The van der Waals surface area contributed by atoms with Gasteiger partial charge >= 0.3 is 6.18 Å². The molecular formula is C32H47F3N4S. The van der Waals surface area contributed by atoms with Crippen LogP contribution >= 0.6 is 11.3 Å². The Morgan fingerprint density at radius 2 is 1.65 bits per heavy atom. The zero-order chi connectivity index (χ0) is 29.0. The molecule has 0 saturated carbocycles. The quantitative estimate of drug-likeness (QED) is 0.150. The predicted octanol–water partition coefficient (Wildman–Crippen LogP) is 8.25. The predicted molar refractivity (Wildman–Crippen MR) is 162 cm³/mol. The molecule has 0 aliphatic carbocycles. The van der Waals surface area contributed by atoms with Gasteiger partial charge < -0.3 is 11.1 Å². The van der Waals surface area contributed by atoms with Crippen LogP contribution in [0.1, 0.15) is 91.2 Å². The molecule has 0 bridgehead atoms. The van der Waals surface area contributed by atoms with Crippen molar-refractivity contribution < 1.29 is 13.2 Å². The molecule has 3 aromatic rings. The van der Waals surface area contributed by atoms with E-state index in [2.05, 4.69) is 30.3 Å². The summed E-state index contributed by atoms with van der Waals surface area (Å²) in [5.74, 6) is 0. The summed E-state index contributed by atoms with van der Waals surface area (Å²) in [5, 5.41) is 7.87. The molecule has 2 aromatic heterocycles. The molecular weight excluding hydrogens is 529 g/mol. The lowest BCUT2D eigenvalue weighted by Gasteiger charge is -2.19. The molecule has 0 amide bonds. The first-order valence-corrected chi connectivity index (χ1v) is 15.7. The molecule has 1 aromatic carbocycles. The van der Waals surface area contributed by atoms with Gasteiger partial charge in [0.1, 0.15) is 0 Å². The summed E-state index contributed by atoms with van der Waals surface area (Å²) in [6, 6.07) is 8.03. The van der Waals surface area contributed by atoms with Crippen LogP contribution in [0.3, 0.4) is 0 Å². The van der Waals surface area contributed by atoms with Gasteiger partial charge in [-0.2, -0.15) is 18.3 Å². The normalized spacial score (nSPS) is 12.8. The minimum absolute atomic E-state index is 0.144. The molecule has 2 heterocycles. The Bertz CT molecular complexity index is 1150. The van der Waals surface area contributed by atoms with E-state index in [0.717, 1.165) is 44.7 Å². The molecule has 0 spiro atoms. The van der Waals surface area contributed by atoms with Crippen molar-refractivity contribution in [1.82, 2.24) is 15.1 Å². The van der Waals surface area contributed by atoms with Crippen molar-refractivity contribution in [2.24, 2.45) is 12.8 Å². The van der Waals surface area contributed by atoms with Crippen molar-refractivity contribution in [3.05, 3.63) is 63.0 Å². The molecule has 222 valence electrons. The first-order chi connectivity index (χ1) is 19.2. The number of rotatable bonds is 18. The van der Waals surface area contributed by atoms with Crippen LogP contribution in [0.25, 0.3) is 11.3 Å². The third-order valence-electron chi connectivity index (χ3n) is 7.61. The Labute approximate surface area is 242 Å². The first-order valence-electron chi connectivity index (χ1n) is 14.9. The summed E-state index contributed by atoms with van der Waals surface area (Å²) in [5.41, 5.74) is 9.57. The van der Waals surface area contributed by atoms with Gasteiger partial charge in [-0.1, -0.05) is 70.1 Å². The fourth-order valence-corrected chi connectivity index (χ4v) is 6.54.